The summed E-state index contributed by atoms with van der Waals surface area (Å²) in [5, 5.41) is 23.7. The zero-order valence-electron chi connectivity index (χ0n) is 13.9. The summed E-state index contributed by atoms with van der Waals surface area (Å²) in [7, 11) is 0. The molecular formula is C20H12N4S3. The molecule has 3 aromatic heterocycles. The number of allylic oxidation sites excluding steroid dienone is 1. The van der Waals surface area contributed by atoms with E-state index in [9.17, 15) is 5.26 Å². The van der Waals surface area contributed by atoms with Crippen molar-refractivity contribution < 1.29 is 0 Å². The lowest BCUT2D eigenvalue weighted by atomic mass is 10.2. The monoisotopic (exact) mass is 404 g/mol. The highest BCUT2D eigenvalue weighted by Gasteiger charge is 2.17. The lowest BCUT2D eigenvalue weighted by Crippen LogP contribution is -1.80. The number of aromatic nitrogens is 1. The van der Waals surface area contributed by atoms with Crippen LogP contribution in [0.25, 0.3) is 22.2 Å². The molecule has 4 rings (SSSR count). The maximum absolute atomic E-state index is 9.62. The predicted molar refractivity (Wildman–Crippen MR) is 114 cm³/mol. The summed E-state index contributed by atoms with van der Waals surface area (Å²) in [6.07, 6.45) is 1.86. The fourth-order valence-electron chi connectivity index (χ4n) is 2.32. The molecule has 3 heterocycles. The van der Waals surface area contributed by atoms with Gasteiger partial charge < -0.3 is 0 Å². The predicted octanol–water partition coefficient (Wildman–Crippen LogP) is 7.41. The average molecular weight is 405 g/mol. The molecule has 0 spiro atoms. The summed E-state index contributed by atoms with van der Waals surface area (Å²) in [4.78, 5) is 6.73. The van der Waals surface area contributed by atoms with E-state index in [1.54, 1.807) is 22.7 Å². The second kappa shape index (κ2) is 8.18. The minimum Gasteiger partial charge on any atom is -0.232 e. The second-order valence-corrected chi connectivity index (χ2v) is 8.28. The Morgan fingerprint density at radius 3 is 2.48 bits per heavy atom. The Kier molecular flexibility index (Phi) is 5.30. The van der Waals surface area contributed by atoms with Crippen LogP contribution < -0.4 is 0 Å². The molecule has 0 unspecified atom stereocenters. The Morgan fingerprint density at radius 2 is 1.78 bits per heavy atom. The van der Waals surface area contributed by atoms with Crippen LogP contribution in [0.3, 0.4) is 0 Å². The molecular weight excluding hydrogens is 392 g/mol. The largest absolute Gasteiger partial charge is 0.232 e. The van der Waals surface area contributed by atoms with E-state index < -0.39 is 0 Å². The molecule has 0 saturated carbocycles. The number of thiophene rings is 2. The van der Waals surface area contributed by atoms with E-state index in [0.717, 1.165) is 21.1 Å². The molecule has 0 saturated heterocycles. The van der Waals surface area contributed by atoms with Gasteiger partial charge in [0.25, 0.3) is 0 Å². The number of rotatable bonds is 5. The highest BCUT2D eigenvalue weighted by Crippen LogP contribution is 2.41. The zero-order valence-corrected chi connectivity index (χ0v) is 16.4. The summed E-state index contributed by atoms with van der Waals surface area (Å²) < 4.78 is 0. The number of nitrogens with zero attached hydrogens (tertiary/aromatic N) is 4. The minimum absolute atomic E-state index is 0.529. The fraction of sp³-hybridized carbons (Fsp3) is 0. The van der Waals surface area contributed by atoms with Gasteiger partial charge in [-0.1, -0.05) is 41.7 Å². The van der Waals surface area contributed by atoms with Crippen LogP contribution in [0.15, 0.2) is 75.6 Å². The van der Waals surface area contributed by atoms with E-state index in [1.807, 2.05) is 71.4 Å². The van der Waals surface area contributed by atoms with Gasteiger partial charge in [-0.05, 0) is 41.1 Å². The standard InChI is InChI=1S/C20H12N4S3/c21-13-14(12-16-8-4-10-25-16)19-22-18(17-9-5-11-26-17)20(27-19)24-23-15-6-2-1-3-7-15/h1-12H/b14-12-,24-23?. The van der Waals surface area contributed by atoms with Crippen LogP contribution in [0.5, 0.6) is 0 Å². The molecule has 0 aliphatic rings. The highest BCUT2D eigenvalue weighted by molar-refractivity contribution is 7.18. The average Bonchev–Trinajstić information content (AvgIpc) is 3.46. The molecule has 1 aromatic carbocycles. The van der Waals surface area contributed by atoms with Crippen LogP contribution >= 0.6 is 34.0 Å². The molecule has 0 radical (unpaired) electrons. The van der Waals surface area contributed by atoms with Gasteiger partial charge in [-0.3, -0.25) is 0 Å². The van der Waals surface area contributed by atoms with Crippen LogP contribution in [0, 0.1) is 11.3 Å². The van der Waals surface area contributed by atoms with Crippen LogP contribution in [0.1, 0.15) is 9.88 Å². The van der Waals surface area contributed by atoms with E-state index in [1.165, 1.54) is 11.3 Å². The number of benzene rings is 1. The van der Waals surface area contributed by atoms with Crippen molar-refractivity contribution in [3.05, 3.63) is 75.2 Å². The quantitative estimate of drug-likeness (QED) is 0.257. The third kappa shape index (κ3) is 4.09. The van der Waals surface area contributed by atoms with Gasteiger partial charge in [0.2, 0.25) is 0 Å². The molecule has 4 aromatic rings. The fourth-order valence-corrected chi connectivity index (χ4v) is 4.63. The van der Waals surface area contributed by atoms with Crippen LogP contribution in [-0.2, 0) is 0 Å². The van der Waals surface area contributed by atoms with Gasteiger partial charge in [0, 0.05) is 4.88 Å². The van der Waals surface area contributed by atoms with Crippen LogP contribution in [0.4, 0.5) is 10.7 Å². The summed E-state index contributed by atoms with van der Waals surface area (Å²) in [6.45, 7) is 0. The first kappa shape index (κ1) is 17.5. The first-order chi connectivity index (χ1) is 13.3. The Balaban J connectivity index is 1.76. The van der Waals surface area contributed by atoms with Gasteiger partial charge in [0.15, 0.2) is 5.00 Å². The molecule has 0 bridgehead atoms. The van der Waals surface area contributed by atoms with Gasteiger partial charge in [-0.2, -0.15) is 5.26 Å². The van der Waals surface area contributed by atoms with Crippen molar-refractivity contribution in [1.82, 2.24) is 4.98 Å². The minimum atomic E-state index is 0.529. The lowest BCUT2D eigenvalue weighted by molar-refractivity contribution is 1.24. The lowest BCUT2D eigenvalue weighted by Gasteiger charge is -1.93. The summed E-state index contributed by atoms with van der Waals surface area (Å²) in [5.41, 5.74) is 2.07. The SMILES string of the molecule is N#C/C(=C/c1cccs1)c1nc(-c2cccs2)c(N=Nc2ccccc2)s1. The van der Waals surface area contributed by atoms with Gasteiger partial charge >= 0.3 is 0 Å². The maximum atomic E-state index is 9.62. The molecule has 130 valence electrons. The van der Waals surface area contributed by atoms with Crippen molar-refractivity contribution in [3.63, 3.8) is 0 Å². The smallest absolute Gasteiger partial charge is 0.168 e. The Labute approximate surface area is 168 Å². The third-order valence-electron chi connectivity index (χ3n) is 3.56. The topological polar surface area (TPSA) is 61.4 Å². The first-order valence-corrected chi connectivity index (χ1v) is 10.6. The molecule has 0 aliphatic carbocycles. The summed E-state index contributed by atoms with van der Waals surface area (Å²) in [5.74, 6) is 0. The third-order valence-corrected chi connectivity index (χ3v) is 6.23. The Hall–Kier alpha value is -2.92. The van der Waals surface area contributed by atoms with E-state index in [4.69, 9.17) is 4.98 Å². The van der Waals surface area contributed by atoms with Crippen molar-refractivity contribution in [2.75, 3.05) is 0 Å². The van der Waals surface area contributed by atoms with E-state index in [-0.39, 0.29) is 0 Å². The molecule has 7 heteroatoms. The van der Waals surface area contributed by atoms with E-state index in [0.29, 0.717) is 15.6 Å². The Morgan fingerprint density at radius 1 is 0.963 bits per heavy atom. The molecule has 0 amide bonds. The van der Waals surface area contributed by atoms with Crippen molar-refractivity contribution >= 4 is 56.3 Å². The maximum Gasteiger partial charge on any atom is 0.168 e. The van der Waals surface area contributed by atoms with Crippen molar-refractivity contribution in [2.45, 2.75) is 0 Å². The van der Waals surface area contributed by atoms with Gasteiger partial charge in [0.05, 0.1) is 16.1 Å². The van der Waals surface area contributed by atoms with Crippen molar-refractivity contribution in [1.29, 1.82) is 5.26 Å². The molecule has 0 aliphatic heterocycles. The van der Waals surface area contributed by atoms with Crippen LogP contribution in [0.2, 0.25) is 0 Å². The first-order valence-electron chi connectivity index (χ1n) is 8.00. The van der Waals surface area contributed by atoms with E-state index >= 15 is 0 Å². The number of nitriles is 1. The zero-order chi connectivity index (χ0) is 18.5. The molecule has 27 heavy (non-hydrogen) atoms. The summed E-state index contributed by atoms with van der Waals surface area (Å²) >= 11 is 4.56. The van der Waals surface area contributed by atoms with Gasteiger partial charge in [-0.25, -0.2) is 4.98 Å². The highest BCUT2D eigenvalue weighted by atomic mass is 32.1. The Bertz CT molecular complexity index is 1120. The van der Waals surface area contributed by atoms with Gasteiger partial charge in [-0.15, -0.1) is 32.9 Å². The normalized spacial score (nSPS) is 11.7. The molecule has 0 atom stereocenters. The second-order valence-electron chi connectivity index (χ2n) is 5.37. The van der Waals surface area contributed by atoms with Crippen LogP contribution in [-0.4, -0.2) is 4.98 Å². The number of azo groups is 1. The molecule has 0 fully saturated rings. The number of hydrogen-bond acceptors (Lipinski definition) is 7. The summed E-state index contributed by atoms with van der Waals surface area (Å²) in [6, 6.07) is 19.8. The molecule has 4 nitrogen and oxygen atoms in total. The van der Waals surface area contributed by atoms with E-state index in [2.05, 4.69) is 16.3 Å². The van der Waals surface area contributed by atoms with Gasteiger partial charge in [0.1, 0.15) is 16.8 Å². The number of hydrogen-bond donors (Lipinski definition) is 0. The molecule has 0 N–H and O–H groups in total. The van der Waals surface area contributed by atoms with Crippen molar-refractivity contribution in [3.8, 4) is 16.6 Å². The van der Waals surface area contributed by atoms with Crippen molar-refractivity contribution in [2.24, 2.45) is 10.2 Å². The number of thiazole rings is 1.